The molecule has 0 saturated carbocycles. The van der Waals surface area contributed by atoms with E-state index in [-0.39, 0.29) is 12.4 Å². The summed E-state index contributed by atoms with van der Waals surface area (Å²) < 4.78 is 18.9. The molecule has 2 aromatic rings. The van der Waals surface area contributed by atoms with Crippen LogP contribution in [0.2, 0.25) is 0 Å². The number of benzene rings is 2. The summed E-state index contributed by atoms with van der Waals surface area (Å²) in [7, 11) is 0. The lowest BCUT2D eigenvalue weighted by Crippen LogP contribution is -1.99. The van der Waals surface area contributed by atoms with Gasteiger partial charge in [-0.05, 0) is 29.8 Å². The molecule has 0 heterocycles. The third-order valence-corrected chi connectivity index (χ3v) is 2.22. The standard InChI is InChI=1S/C13H12FNO2/c14-12-7-6-10(9-16-15)8-13(12)17-11-4-2-1-3-5-11/h1-8H,9,15H2. The van der Waals surface area contributed by atoms with Crippen LogP contribution in [-0.2, 0) is 11.4 Å². The minimum atomic E-state index is -0.422. The van der Waals surface area contributed by atoms with Gasteiger partial charge >= 0.3 is 0 Å². The lowest BCUT2D eigenvalue weighted by atomic mass is 10.2. The molecule has 0 aliphatic rings. The number of rotatable bonds is 4. The molecule has 17 heavy (non-hydrogen) atoms. The highest BCUT2D eigenvalue weighted by molar-refractivity contribution is 5.34. The monoisotopic (exact) mass is 233 g/mol. The van der Waals surface area contributed by atoms with Crippen molar-refractivity contribution in [3.63, 3.8) is 0 Å². The van der Waals surface area contributed by atoms with Crippen molar-refractivity contribution >= 4 is 0 Å². The van der Waals surface area contributed by atoms with E-state index in [9.17, 15) is 4.39 Å². The average molecular weight is 233 g/mol. The van der Waals surface area contributed by atoms with Crippen molar-refractivity contribution < 1.29 is 14.0 Å². The molecule has 0 bridgehead atoms. The quantitative estimate of drug-likeness (QED) is 0.825. The van der Waals surface area contributed by atoms with Crippen LogP contribution in [0.25, 0.3) is 0 Å². The zero-order chi connectivity index (χ0) is 12.1. The van der Waals surface area contributed by atoms with Crippen LogP contribution in [0, 0.1) is 5.82 Å². The highest BCUT2D eigenvalue weighted by atomic mass is 19.1. The first kappa shape index (κ1) is 11.6. The highest BCUT2D eigenvalue weighted by Crippen LogP contribution is 2.25. The highest BCUT2D eigenvalue weighted by Gasteiger charge is 2.06. The van der Waals surface area contributed by atoms with Crippen molar-refractivity contribution in [2.24, 2.45) is 5.90 Å². The van der Waals surface area contributed by atoms with Crippen LogP contribution in [0.5, 0.6) is 11.5 Å². The third kappa shape index (κ3) is 3.03. The lowest BCUT2D eigenvalue weighted by molar-refractivity contribution is 0.124. The molecule has 0 aliphatic heterocycles. The van der Waals surface area contributed by atoms with Crippen molar-refractivity contribution in [2.75, 3.05) is 0 Å². The Balaban J connectivity index is 2.22. The Bertz CT molecular complexity index is 488. The van der Waals surface area contributed by atoms with E-state index in [0.29, 0.717) is 5.75 Å². The Morgan fingerprint density at radius 2 is 1.82 bits per heavy atom. The summed E-state index contributed by atoms with van der Waals surface area (Å²) in [5, 5.41) is 0. The molecule has 0 aromatic heterocycles. The van der Waals surface area contributed by atoms with Crippen molar-refractivity contribution in [3.8, 4) is 11.5 Å². The molecule has 0 spiro atoms. The van der Waals surface area contributed by atoms with Crippen LogP contribution in [0.4, 0.5) is 4.39 Å². The number of nitrogens with two attached hydrogens (primary N) is 1. The Labute approximate surface area is 98.5 Å². The maximum Gasteiger partial charge on any atom is 0.165 e. The van der Waals surface area contributed by atoms with E-state index in [4.69, 9.17) is 10.6 Å². The lowest BCUT2D eigenvalue weighted by Gasteiger charge is -2.08. The first-order valence-corrected chi connectivity index (χ1v) is 5.12. The van der Waals surface area contributed by atoms with Gasteiger partial charge in [-0.2, -0.15) is 0 Å². The smallest absolute Gasteiger partial charge is 0.165 e. The van der Waals surface area contributed by atoms with E-state index in [1.165, 1.54) is 6.07 Å². The van der Waals surface area contributed by atoms with Gasteiger partial charge in [0.2, 0.25) is 0 Å². The second-order valence-corrected chi connectivity index (χ2v) is 3.49. The van der Waals surface area contributed by atoms with Gasteiger partial charge in [-0.1, -0.05) is 24.3 Å². The fourth-order valence-electron chi connectivity index (χ4n) is 1.43. The van der Waals surface area contributed by atoms with Gasteiger partial charge in [0.25, 0.3) is 0 Å². The predicted molar refractivity (Wildman–Crippen MR) is 61.9 cm³/mol. The fourth-order valence-corrected chi connectivity index (χ4v) is 1.43. The largest absolute Gasteiger partial charge is 0.454 e. The second kappa shape index (κ2) is 5.43. The number of hydrogen-bond donors (Lipinski definition) is 1. The Morgan fingerprint density at radius 3 is 2.53 bits per heavy atom. The maximum absolute atomic E-state index is 13.5. The van der Waals surface area contributed by atoms with Crippen molar-refractivity contribution in [1.29, 1.82) is 0 Å². The van der Waals surface area contributed by atoms with Gasteiger partial charge < -0.3 is 4.74 Å². The van der Waals surface area contributed by atoms with Gasteiger partial charge in [0.1, 0.15) is 5.75 Å². The molecule has 4 heteroatoms. The molecule has 2 aromatic carbocycles. The molecule has 2 rings (SSSR count). The van der Waals surface area contributed by atoms with Crippen LogP contribution in [0.1, 0.15) is 5.56 Å². The summed E-state index contributed by atoms with van der Waals surface area (Å²) in [6.07, 6.45) is 0. The number of ether oxygens (including phenoxy) is 1. The summed E-state index contributed by atoms with van der Waals surface area (Å²) in [4.78, 5) is 4.49. The van der Waals surface area contributed by atoms with Gasteiger partial charge in [0.05, 0.1) is 6.61 Å². The van der Waals surface area contributed by atoms with Crippen molar-refractivity contribution in [2.45, 2.75) is 6.61 Å². The molecule has 2 N–H and O–H groups in total. The summed E-state index contributed by atoms with van der Waals surface area (Å²) >= 11 is 0. The summed E-state index contributed by atoms with van der Waals surface area (Å²) in [5.41, 5.74) is 0.750. The molecule has 0 atom stereocenters. The first-order valence-electron chi connectivity index (χ1n) is 5.12. The normalized spacial score (nSPS) is 10.2. The molecule has 0 saturated heterocycles. The van der Waals surface area contributed by atoms with Gasteiger partial charge in [-0.3, -0.25) is 4.84 Å². The number of halogens is 1. The van der Waals surface area contributed by atoms with E-state index >= 15 is 0 Å². The van der Waals surface area contributed by atoms with Gasteiger partial charge in [-0.15, -0.1) is 0 Å². The van der Waals surface area contributed by atoms with E-state index < -0.39 is 5.82 Å². The molecular weight excluding hydrogens is 221 g/mol. The second-order valence-electron chi connectivity index (χ2n) is 3.49. The molecule has 0 fully saturated rings. The Kier molecular flexibility index (Phi) is 3.69. The van der Waals surface area contributed by atoms with Gasteiger partial charge in [-0.25, -0.2) is 10.3 Å². The van der Waals surface area contributed by atoms with Crippen molar-refractivity contribution in [3.05, 3.63) is 59.9 Å². The van der Waals surface area contributed by atoms with E-state index in [0.717, 1.165) is 5.56 Å². The maximum atomic E-state index is 13.5. The van der Waals surface area contributed by atoms with Crippen LogP contribution in [0.3, 0.4) is 0 Å². The van der Waals surface area contributed by atoms with Crippen LogP contribution >= 0.6 is 0 Å². The fraction of sp³-hybridized carbons (Fsp3) is 0.0769. The Hall–Kier alpha value is -1.91. The Morgan fingerprint density at radius 1 is 1.06 bits per heavy atom. The summed E-state index contributed by atoms with van der Waals surface area (Å²) in [6, 6.07) is 13.5. The third-order valence-electron chi connectivity index (χ3n) is 2.22. The van der Waals surface area contributed by atoms with Crippen LogP contribution in [-0.4, -0.2) is 0 Å². The molecule has 0 aliphatic carbocycles. The topological polar surface area (TPSA) is 44.5 Å². The van der Waals surface area contributed by atoms with E-state index in [1.54, 1.807) is 24.3 Å². The minimum absolute atomic E-state index is 0.158. The van der Waals surface area contributed by atoms with Crippen molar-refractivity contribution in [1.82, 2.24) is 0 Å². The molecule has 3 nitrogen and oxygen atoms in total. The molecule has 0 radical (unpaired) electrons. The summed E-state index contributed by atoms with van der Waals surface area (Å²) in [6.45, 7) is 0.214. The predicted octanol–water partition coefficient (Wildman–Crippen LogP) is 3.01. The van der Waals surface area contributed by atoms with Gasteiger partial charge in [0, 0.05) is 0 Å². The molecular formula is C13H12FNO2. The van der Waals surface area contributed by atoms with Crippen LogP contribution in [0.15, 0.2) is 48.5 Å². The zero-order valence-corrected chi connectivity index (χ0v) is 9.10. The first-order chi connectivity index (χ1) is 8.29. The van der Waals surface area contributed by atoms with Gasteiger partial charge in [0.15, 0.2) is 11.6 Å². The van der Waals surface area contributed by atoms with Crippen LogP contribution < -0.4 is 10.6 Å². The minimum Gasteiger partial charge on any atom is -0.454 e. The molecule has 0 amide bonds. The van der Waals surface area contributed by atoms with E-state index in [1.807, 2.05) is 18.2 Å². The SMILES string of the molecule is NOCc1ccc(F)c(Oc2ccccc2)c1. The number of para-hydroxylation sites is 1. The molecule has 88 valence electrons. The van der Waals surface area contributed by atoms with E-state index in [2.05, 4.69) is 4.84 Å². The zero-order valence-electron chi connectivity index (χ0n) is 9.10. The number of hydrogen-bond acceptors (Lipinski definition) is 3. The average Bonchev–Trinajstić information content (AvgIpc) is 2.35. The summed E-state index contributed by atoms with van der Waals surface area (Å²) in [5.74, 6) is 5.28. The molecule has 0 unspecified atom stereocenters.